The lowest BCUT2D eigenvalue weighted by atomic mass is 10.2. The van der Waals surface area contributed by atoms with Gasteiger partial charge in [0.15, 0.2) is 16.7 Å². The Morgan fingerprint density at radius 2 is 1.89 bits per heavy atom. The summed E-state index contributed by atoms with van der Waals surface area (Å²) in [6.07, 6.45) is 1.77. The molecule has 3 rings (SSSR count). The quantitative estimate of drug-likeness (QED) is 0.664. The Balaban J connectivity index is 1.84. The second-order valence-corrected chi connectivity index (χ2v) is 7.36. The fourth-order valence-electron chi connectivity index (χ4n) is 2.40. The van der Waals surface area contributed by atoms with Crippen molar-refractivity contribution in [3.8, 4) is 11.5 Å². The second-order valence-electron chi connectivity index (χ2n) is 5.45. The van der Waals surface area contributed by atoms with Crippen molar-refractivity contribution in [1.29, 1.82) is 0 Å². The number of carbonyl (C=O) groups excluding carboxylic acids is 1. The van der Waals surface area contributed by atoms with E-state index in [1.54, 1.807) is 31.4 Å². The number of carbonyl (C=O) groups is 1. The van der Waals surface area contributed by atoms with Crippen LogP contribution in [-0.2, 0) is 4.79 Å². The third-order valence-corrected chi connectivity index (χ3v) is 4.86. The van der Waals surface area contributed by atoms with Crippen LogP contribution in [0.3, 0.4) is 0 Å². The van der Waals surface area contributed by atoms with E-state index in [2.05, 4.69) is 10.3 Å². The lowest BCUT2D eigenvalue weighted by Crippen LogP contribution is -2.19. The molecular weight excluding hydrogens is 407 g/mol. The molecular formula is C19H16Cl2N2O3S. The summed E-state index contributed by atoms with van der Waals surface area (Å²) in [7, 11) is 1.58. The molecule has 0 radical (unpaired) electrons. The maximum atomic E-state index is 12.2. The molecule has 0 unspecified atom stereocenters. The average molecular weight is 423 g/mol. The van der Waals surface area contributed by atoms with Crippen molar-refractivity contribution in [3.63, 3.8) is 0 Å². The highest BCUT2D eigenvalue weighted by atomic mass is 35.5. The number of ether oxygens (including phenoxy) is 2. The van der Waals surface area contributed by atoms with Crippen molar-refractivity contribution in [1.82, 2.24) is 5.32 Å². The Bertz CT molecular complexity index is 924. The molecule has 1 aliphatic heterocycles. The molecule has 1 saturated heterocycles. The molecule has 1 heterocycles. The van der Waals surface area contributed by atoms with Crippen LogP contribution in [0.1, 0.15) is 12.5 Å². The summed E-state index contributed by atoms with van der Waals surface area (Å²) in [6, 6.07) is 10.5. The largest absolute Gasteiger partial charge is 0.493 e. The predicted octanol–water partition coefficient (Wildman–Crippen LogP) is 5.29. The third-order valence-electron chi connectivity index (χ3n) is 3.51. The Hall–Kier alpha value is -2.15. The number of benzene rings is 2. The Morgan fingerprint density at radius 1 is 1.15 bits per heavy atom. The zero-order valence-corrected chi connectivity index (χ0v) is 16.9. The van der Waals surface area contributed by atoms with Gasteiger partial charge in [0.2, 0.25) is 0 Å². The first-order chi connectivity index (χ1) is 13.0. The number of amidine groups is 1. The van der Waals surface area contributed by atoms with Gasteiger partial charge in [-0.05, 0) is 60.7 Å². The molecule has 1 N–H and O–H groups in total. The van der Waals surface area contributed by atoms with Crippen LogP contribution >= 0.6 is 35.0 Å². The minimum absolute atomic E-state index is 0.222. The molecule has 27 heavy (non-hydrogen) atoms. The fraction of sp³-hybridized carbons (Fsp3) is 0.158. The van der Waals surface area contributed by atoms with E-state index in [4.69, 9.17) is 32.7 Å². The topological polar surface area (TPSA) is 59.9 Å². The molecule has 8 heteroatoms. The van der Waals surface area contributed by atoms with Gasteiger partial charge < -0.3 is 14.8 Å². The monoisotopic (exact) mass is 422 g/mol. The average Bonchev–Trinajstić information content (AvgIpc) is 2.94. The molecule has 140 valence electrons. The van der Waals surface area contributed by atoms with E-state index in [9.17, 15) is 4.79 Å². The molecule has 0 spiro atoms. The Labute approximate surface area is 171 Å². The maximum absolute atomic E-state index is 12.2. The summed E-state index contributed by atoms with van der Waals surface area (Å²) in [5.41, 5.74) is 1.39. The van der Waals surface area contributed by atoms with Crippen LogP contribution < -0.4 is 14.8 Å². The van der Waals surface area contributed by atoms with E-state index < -0.39 is 0 Å². The van der Waals surface area contributed by atoms with Gasteiger partial charge in [-0.3, -0.25) is 4.79 Å². The standard InChI is InChI=1S/C19H16Cl2N2O3S/c1-3-26-15-5-4-11(6-16(15)25-2)7-17-18(24)23-19(27-17)22-14-9-12(20)8-13(21)10-14/h4-10H,3H2,1-2H3,(H,22,23,24)/b17-7-. The minimum atomic E-state index is -0.222. The lowest BCUT2D eigenvalue weighted by Gasteiger charge is -2.09. The number of nitrogens with zero attached hydrogens (tertiary/aromatic N) is 1. The number of nitrogens with one attached hydrogen (secondary N) is 1. The van der Waals surface area contributed by atoms with Gasteiger partial charge >= 0.3 is 0 Å². The molecule has 1 fully saturated rings. The van der Waals surface area contributed by atoms with Gasteiger partial charge in [-0.15, -0.1) is 0 Å². The number of hydrogen-bond donors (Lipinski definition) is 1. The normalized spacial score (nSPS) is 16.7. The van der Waals surface area contributed by atoms with Crippen LogP contribution in [0.2, 0.25) is 10.0 Å². The molecule has 5 nitrogen and oxygen atoms in total. The first-order valence-electron chi connectivity index (χ1n) is 8.05. The van der Waals surface area contributed by atoms with Gasteiger partial charge in [0.25, 0.3) is 5.91 Å². The van der Waals surface area contributed by atoms with E-state index in [0.717, 1.165) is 5.56 Å². The van der Waals surface area contributed by atoms with Crippen molar-refractivity contribution in [2.75, 3.05) is 13.7 Å². The smallest absolute Gasteiger partial charge is 0.264 e. The number of amides is 1. The van der Waals surface area contributed by atoms with Crippen molar-refractivity contribution < 1.29 is 14.3 Å². The third kappa shape index (κ3) is 4.97. The molecule has 1 amide bonds. The van der Waals surface area contributed by atoms with E-state index in [1.165, 1.54) is 11.8 Å². The van der Waals surface area contributed by atoms with Crippen LogP contribution in [0.25, 0.3) is 6.08 Å². The summed E-state index contributed by atoms with van der Waals surface area (Å²) >= 11 is 13.2. The summed E-state index contributed by atoms with van der Waals surface area (Å²) in [5, 5.41) is 4.16. The SMILES string of the molecule is CCOc1ccc(/C=C2\SC(=Nc3cc(Cl)cc(Cl)c3)NC2=O)cc1OC. The minimum Gasteiger partial charge on any atom is -0.493 e. The number of thioether (sulfide) groups is 1. The maximum Gasteiger partial charge on any atom is 0.264 e. The highest BCUT2D eigenvalue weighted by Gasteiger charge is 2.24. The zero-order valence-electron chi connectivity index (χ0n) is 14.6. The molecule has 2 aromatic rings. The summed E-state index contributed by atoms with van der Waals surface area (Å²) in [5.74, 6) is 1.04. The summed E-state index contributed by atoms with van der Waals surface area (Å²) in [4.78, 5) is 17.2. The van der Waals surface area contributed by atoms with E-state index in [0.29, 0.717) is 43.9 Å². The summed E-state index contributed by atoms with van der Waals surface area (Å²) in [6.45, 7) is 2.45. The molecule has 1 aliphatic rings. The van der Waals surface area contributed by atoms with Gasteiger partial charge in [0, 0.05) is 10.0 Å². The highest BCUT2D eigenvalue weighted by Crippen LogP contribution is 2.33. The van der Waals surface area contributed by atoms with Gasteiger partial charge in [0.05, 0.1) is 24.3 Å². The lowest BCUT2D eigenvalue weighted by molar-refractivity contribution is -0.115. The van der Waals surface area contributed by atoms with Crippen LogP contribution in [0.15, 0.2) is 46.3 Å². The zero-order chi connectivity index (χ0) is 19.4. The number of halogens is 2. The highest BCUT2D eigenvalue weighted by molar-refractivity contribution is 8.18. The van der Waals surface area contributed by atoms with Crippen LogP contribution in [-0.4, -0.2) is 24.8 Å². The van der Waals surface area contributed by atoms with Gasteiger partial charge in [0.1, 0.15) is 0 Å². The molecule has 0 saturated carbocycles. The number of methoxy groups -OCH3 is 1. The molecule has 0 aliphatic carbocycles. The first-order valence-corrected chi connectivity index (χ1v) is 9.62. The number of rotatable bonds is 5. The van der Waals surface area contributed by atoms with Crippen LogP contribution in [0.4, 0.5) is 5.69 Å². The van der Waals surface area contributed by atoms with E-state index >= 15 is 0 Å². The van der Waals surface area contributed by atoms with Gasteiger partial charge in [-0.2, -0.15) is 0 Å². The van der Waals surface area contributed by atoms with Crippen LogP contribution in [0.5, 0.6) is 11.5 Å². The number of hydrogen-bond acceptors (Lipinski definition) is 5. The number of aliphatic imine (C=N–C) groups is 1. The van der Waals surface area contributed by atoms with Gasteiger partial charge in [-0.25, -0.2) is 4.99 Å². The molecule has 0 bridgehead atoms. The van der Waals surface area contributed by atoms with Crippen molar-refractivity contribution in [3.05, 3.63) is 56.9 Å². The second kappa shape index (κ2) is 8.69. The van der Waals surface area contributed by atoms with Crippen molar-refractivity contribution >= 4 is 57.8 Å². The van der Waals surface area contributed by atoms with E-state index in [1.807, 2.05) is 25.1 Å². The first kappa shape index (κ1) is 19.6. The predicted molar refractivity (Wildman–Crippen MR) is 111 cm³/mol. The van der Waals surface area contributed by atoms with Gasteiger partial charge in [-0.1, -0.05) is 29.3 Å². The molecule has 2 aromatic carbocycles. The fourth-order valence-corrected chi connectivity index (χ4v) is 3.76. The Morgan fingerprint density at radius 3 is 2.56 bits per heavy atom. The van der Waals surface area contributed by atoms with Crippen molar-refractivity contribution in [2.24, 2.45) is 4.99 Å². The van der Waals surface area contributed by atoms with Crippen LogP contribution in [0, 0.1) is 0 Å². The molecule has 0 aromatic heterocycles. The summed E-state index contributed by atoms with van der Waals surface area (Å²) < 4.78 is 10.8. The van der Waals surface area contributed by atoms with Crippen molar-refractivity contribution in [2.45, 2.75) is 6.92 Å². The molecule has 0 atom stereocenters. The Kier molecular flexibility index (Phi) is 6.31. The van der Waals surface area contributed by atoms with E-state index in [-0.39, 0.29) is 5.91 Å².